The Bertz CT molecular complexity index is 455. The van der Waals surface area contributed by atoms with Crippen LogP contribution in [0.5, 0.6) is 0 Å². The van der Waals surface area contributed by atoms with Gasteiger partial charge in [0.2, 0.25) is 0 Å². The molecule has 1 fully saturated rings. The van der Waals surface area contributed by atoms with Crippen molar-refractivity contribution in [2.75, 3.05) is 18.0 Å². The number of piperidine rings is 1. The molecular weight excluding hydrogens is 218 g/mol. The Labute approximate surface area is 100 Å². The topological polar surface area (TPSA) is 55.2 Å². The molecule has 1 aliphatic rings. The van der Waals surface area contributed by atoms with Gasteiger partial charge in [-0.15, -0.1) is 0 Å². The van der Waals surface area contributed by atoms with Crippen molar-refractivity contribution in [1.82, 2.24) is 9.55 Å². The third-order valence-corrected chi connectivity index (χ3v) is 3.19. The van der Waals surface area contributed by atoms with Gasteiger partial charge in [-0.25, -0.2) is 4.98 Å². The number of rotatable bonds is 3. The summed E-state index contributed by atoms with van der Waals surface area (Å²) in [5, 5.41) is 0. The van der Waals surface area contributed by atoms with Crippen LogP contribution in [-0.4, -0.2) is 28.9 Å². The summed E-state index contributed by atoms with van der Waals surface area (Å²) in [6.45, 7) is 3.98. The van der Waals surface area contributed by atoms with E-state index in [4.69, 9.17) is 0 Å². The maximum atomic E-state index is 12.1. The first-order valence-corrected chi connectivity index (χ1v) is 6.02. The van der Waals surface area contributed by atoms with Crippen molar-refractivity contribution < 1.29 is 4.79 Å². The second-order valence-electron chi connectivity index (χ2n) is 4.33. The summed E-state index contributed by atoms with van der Waals surface area (Å²) in [6, 6.07) is 0. The van der Waals surface area contributed by atoms with Crippen LogP contribution in [0.3, 0.4) is 0 Å². The van der Waals surface area contributed by atoms with E-state index >= 15 is 0 Å². The monoisotopic (exact) mass is 235 g/mol. The van der Waals surface area contributed by atoms with Crippen LogP contribution in [-0.2, 0) is 11.3 Å². The first-order valence-electron chi connectivity index (χ1n) is 6.02. The highest BCUT2D eigenvalue weighted by Gasteiger charge is 2.22. The molecule has 1 unspecified atom stereocenters. The molecule has 0 amide bonds. The van der Waals surface area contributed by atoms with E-state index in [-0.39, 0.29) is 11.5 Å². The summed E-state index contributed by atoms with van der Waals surface area (Å²) >= 11 is 0. The zero-order valence-electron chi connectivity index (χ0n) is 10.0. The SMILES string of the molecule is CCn1ccnc(N2CCCC(C=O)C2)c1=O. The minimum absolute atomic E-state index is 0.0280. The zero-order chi connectivity index (χ0) is 12.3. The second kappa shape index (κ2) is 5.12. The lowest BCUT2D eigenvalue weighted by atomic mass is 10.00. The van der Waals surface area contributed by atoms with Crippen LogP contribution in [0.2, 0.25) is 0 Å². The number of nitrogens with zero attached hydrogens (tertiary/aromatic N) is 3. The number of aromatic nitrogens is 2. The number of carbonyl (C=O) groups excluding carboxylic acids is 1. The molecule has 0 N–H and O–H groups in total. The van der Waals surface area contributed by atoms with Crippen molar-refractivity contribution in [2.24, 2.45) is 5.92 Å². The van der Waals surface area contributed by atoms with Gasteiger partial charge < -0.3 is 14.3 Å². The Kier molecular flexibility index (Phi) is 3.56. The molecule has 0 aromatic carbocycles. The zero-order valence-corrected chi connectivity index (χ0v) is 10.0. The predicted octanol–water partition coefficient (Wildman–Crippen LogP) is 0.679. The molecule has 5 nitrogen and oxygen atoms in total. The molecule has 0 bridgehead atoms. The van der Waals surface area contributed by atoms with Crippen LogP contribution in [0.25, 0.3) is 0 Å². The van der Waals surface area contributed by atoms with E-state index in [2.05, 4.69) is 4.98 Å². The van der Waals surface area contributed by atoms with Crippen molar-refractivity contribution >= 4 is 12.1 Å². The molecule has 1 aliphatic heterocycles. The quantitative estimate of drug-likeness (QED) is 0.723. The van der Waals surface area contributed by atoms with E-state index in [1.165, 1.54) is 0 Å². The summed E-state index contributed by atoms with van der Waals surface area (Å²) in [7, 11) is 0. The van der Waals surface area contributed by atoms with Crippen LogP contribution in [0.1, 0.15) is 19.8 Å². The van der Waals surface area contributed by atoms with E-state index < -0.39 is 0 Å². The maximum Gasteiger partial charge on any atom is 0.293 e. The fourth-order valence-electron chi connectivity index (χ4n) is 2.22. The average Bonchev–Trinajstić information content (AvgIpc) is 2.39. The summed E-state index contributed by atoms with van der Waals surface area (Å²) in [5.74, 6) is 0.501. The highest BCUT2D eigenvalue weighted by Crippen LogP contribution is 2.17. The van der Waals surface area contributed by atoms with E-state index in [1.807, 2.05) is 11.8 Å². The minimum Gasteiger partial charge on any atom is -0.351 e. The molecule has 17 heavy (non-hydrogen) atoms. The molecule has 1 atom stereocenters. The predicted molar refractivity (Wildman–Crippen MR) is 65.2 cm³/mol. The van der Waals surface area contributed by atoms with Gasteiger partial charge in [0, 0.05) is 37.9 Å². The number of anilines is 1. The highest BCUT2D eigenvalue weighted by molar-refractivity contribution is 5.56. The third-order valence-electron chi connectivity index (χ3n) is 3.19. The molecule has 2 rings (SSSR count). The van der Waals surface area contributed by atoms with Gasteiger partial charge >= 0.3 is 0 Å². The van der Waals surface area contributed by atoms with Crippen LogP contribution in [0.15, 0.2) is 17.2 Å². The van der Waals surface area contributed by atoms with Crippen LogP contribution >= 0.6 is 0 Å². The van der Waals surface area contributed by atoms with Crippen molar-refractivity contribution in [3.63, 3.8) is 0 Å². The third kappa shape index (κ3) is 2.38. The Morgan fingerprint density at radius 3 is 3.12 bits per heavy atom. The van der Waals surface area contributed by atoms with E-state index in [0.29, 0.717) is 18.9 Å². The van der Waals surface area contributed by atoms with Crippen molar-refractivity contribution in [2.45, 2.75) is 26.3 Å². The van der Waals surface area contributed by atoms with Crippen molar-refractivity contribution in [3.8, 4) is 0 Å². The molecule has 0 aliphatic carbocycles. The molecule has 92 valence electrons. The molecule has 0 saturated carbocycles. The number of aryl methyl sites for hydroxylation is 1. The van der Waals surface area contributed by atoms with Gasteiger partial charge in [0.05, 0.1) is 0 Å². The number of hydrogen-bond acceptors (Lipinski definition) is 4. The lowest BCUT2D eigenvalue weighted by Gasteiger charge is -2.30. The summed E-state index contributed by atoms with van der Waals surface area (Å²) < 4.78 is 1.63. The molecule has 1 saturated heterocycles. The average molecular weight is 235 g/mol. The summed E-state index contributed by atoms with van der Waals surface area (Å²) in [4.78, 5) is 29.0. The Morgan fingerprint density at radius 2 is 2.41 bits per heavy atom. The van der Waals surface area contributed by atoms with Crippen LogP contribution in [0, 0.1) is 5.92 Å². The minimum atomic E-state index is -0.0680. The van der Waals surface area contributed by atoms with Gasteiger partial charge in [-0.2, -0.15) is 0 Å². The molecule has 1 aromatic rings. The molecule has 2 heterocycles. The lowest BCUT2D eigenvalue weighted by Crippen LogP contribution is -2.40. The van der Waals surface area contributed by atoms with E-state index in [0.717, 1.165) is 25.7 Å². The largest absolute Gasteiger partial charge is 0.351 e. The van der Waals surface area contributed by atoms with Gasteiger partial charge in [-0.3, -0.25) is 4.79 Å². The lowest BCUT2D eigenvalue weighted by molar-refractivity contribution is -0.111. The number of aldehydes is 1. The fraction of sp³-hybridized carbons (Fsp3) is 0.583. The maximum absolute atomic E-state index is 12.1. The van der Waals surface area contributed by atoms with E-state index in [1.54, 1.807) is 17.0 Å². The van der Waals surface area contributed by atoms with Crippen molar-refractivity contribution in [3.05, 3.63) is 22.7 Å². The van der Waals surface area contributed by atoms with Gasteiger partial charge in [0.1, 0.15) is 6.29 Å². The van der Waals surface area contributed by atoms with Gasteiger partial charge in [-0.1, -0.05) is 0 Å². The first kappa shape index (κ1) is 11.8. The number of hydrogen-bond donors (Lipinski definition) is 0. The number of carbonyl (C=O) groups is 1. The van der Waals surface area contributed by atoms with Gasteiger partial charge in [0.15, 0.2) is 5.82 Å². The van der Waals surface area contributed by atoms with E-state index in [9.17, 15) is 9.59 Å². The smallest absolute Gasteiger partial charge is 0.293 e. The molecule has 1 aromatic heterocycles. The van der Waals surface area contributed by atoms with Crippen LogP contribution < -0.4 is 10.5 Å². The molecule has 0 radical (unpaired) electrons. The first-order chi connectivity index (χ1) is 8.26. The Hall–Kier alpha value is -1.65. The van der Waals surface area contributed by atoms with Crippen molar-refractivity contribution in [1.29, 1.82) is 0 Å². The van der Waals surface area contributed by atoms with Gasteiger partial charge in [0.25, 0.3) is 5.56 Å². The second-order valence-corrected chi connectivity index (χ2v) is 4.33. The Balaban J connectivity index is 2.27. The fourth-order valence-corrected chi connectivity index (χ4v) is 2.22. The normalized spacial score (nSPS) is 20.3. The molecule has 0 spiro atoms. The molecule has 5 heteroatoms. The summed E-state index contributed by atoms with van der Waals surface area (Å²) in [6.07, 6.45) is 6.16. The van der Waals surface area contributed by atoms with Gasteiger partial charge in [-0.05, 0) is 19.8 Å². The Morgan fingerprint density at radius 1 is 1.59 bits per heavy atom. The molecular formula is C12H17N3O2. The standard InChI is InChI=1S/C12H17N3O2/c1-2-14-7-5-13-11(12(14)17)15-6-3-4-10(8-15)9-16/h5,7,9-10H,2-4,6,8H2,1H3. The highest BCUT2D eigenvalue weighted by atomic mass is 16.1. The summed E-state index contributed by atoms with van der Waals surface area (Å²) in [5.41, 5.74) is -0.0680. The van der Waals surface area contributed by atoms with Crippen LogP contribution in [0.4, 0.5) is 5.82 Å².